The van der Waals surface area contributed by atoms with E-state index in [0.717, 1.165) is 38.5 Å². The van der Waals surface area contributed by atoms with Crippen LogP contribution in [0.5, 0.6) is 0 Å². The van der Waals surface area contributed by atoms with Crippen molar-refractivity contribution < 1.29 is 19.4 Å². The van der Waals surface area contributed by atoms with E-state index in [1.807, 2.05) is 0 Å². The number of hydrogen-bond acceptors (Lipinski definition) is 3. The fraction of sp³-hybridized carbons (Fsp3) is 0.900. The second-order valence-electron chi connectivity index (χ2n) is 13.5. The van der Waals surface area contributed by atoms with E-state index in [1.165, 1.54) is 161 Å². The van der Waals surface area contributed by atoms with Crippen LogP contribution >= 0.6 is 0 Å². The van der Waals surface area contributed by atoms with Crippen molar-refractivity contribution in [3.05, 3.63) is 12.2 Å². The first-order valence-electron chi connectivity index (χ1n) is 19.7. The van der Waals surface area contributed by atoms with Gasteiger partial charge in [0.2, 0.25) is 0 Å². The molecule has 0 aromatic rings. The van der Waals surface area contributed by atoms with Crippen LogP contribution in [0.4, 0.5) is 0 Å². The van der Waals surface area contributed by atoms with E-state index in [9.17, 15) is 9.59 Å². The van der Waals surface area contributed by atoms with Gasteiger partial charge in [-0.15, -0.1) is 0 Å². The molecule has 0 fully saturated rings. The number of rotatable bonds is 36. The molecule has 0 aliphatic heterocycles. The van der Waals surface area contributed by atoms with Gasteiger partial charge in [-0.25, -0.2) is 0 Å². The van der Waals surface area contributed by atoms with Crippen molar-refractivity contribution in [2.75, 3.05) is 0 Å². The predicted molar refractivity (Wildman–Crippen MR) is 190 cm³/mol. The van der Waals surface area contributed by atoms with Crippen molar-refractivity contribution in [3.63, 3.8) is 0 Å². The Bertz CT molecular complexity index is 629. The highest BCUT2D eigenvalue weighted by atomic mass is 16.5. The number of carbonyl (C=O) groups is 2. The quantitative estimate of drug-likeness (QED) is 0.0430. The molecule has 0 aliphatic carbocycles. The highest BCUT2D eigenvalue weighted by Crippen LogP contribution is 2.18. The normalized spacial score (nSPS) is 12.2. The average Bonchev–Trinajstić information content (AvgIpc) is 3.00. The van der Waals surface area contributed by atoms with Crippen molar-refractivity contribution in [3.8, 4) is 0 Å². The second kappa shape index (κ2) is 36.2. The third-order valence-corrected chi connectivity index (χ3v) is 8.99. The van der Waals surface area contributed by atoms with Crippen molar-refractivity contribution in [1.29, 1.82) is 0 Å². The van der Waals surface area contributed by atoms with Gasteiger partial charge in [-0.1, -0.05) is 161 Å². The maximum Gasteiger partial charge on any atom is 0.306 e. The van der Waals surface area contributed by atoms with Crippen LogP contribution in [0, 0.1) is 0 Å². The zero-order valence-electron chi connectivity index (χ0n) is 29.7. The molecule has 0 amide bonds. The molecule has 1 unspecified atom stereocenters. The summed E-state index contributed by atoms with van der Waals surface area (Å²) in [6.45, 7) is 4.51. The Morgan fingerprint density at radius 2 is 0.818 bits per heavy atom. The summed E-state index contributed by atoms with van der Waals surface area (Å²) < 4.78 is 5.97. The monoisotopic (exact) mass is 621 g/mol. The van der Waals surface area contributed by atoms with Gasteiger partial charge in [0.05, 0.1) is 0 Å². The van der Waals surface area contributed by atoms with Crippen molar-refractivity contribution in [2.45, 2.75) is 232 Å². The Kier molecular flexibility index (Phi) is 35.1. The zero-order chi connectivity index (χ0) is 32.2. The standard InChI is InChI=1S/C40H76O4/c1-3-5-7-8-9-10-11-12-13-17-20-23-26-29-33-37-40(43)44-38(34-30-6-4-2)35-31-27-24-21-18-15-14-16-19-22-25-28-32-36-39(41)42/h12-13,38H,3-11,14-37H2,1-2H3,(H,41,42)/b13-12-. The Morgan fingerprint density at radius 3 is 1.27 bits per heavy atom. The summed E-state index contributed by atoms with van der Waals surface area (Å²) in [7, 11) is 0. The number of ether oxygens (including phenoxy) is 1. The first kappa shape index (κ1) is 42.7. The number of aliphatic carboxylic acids is 1. The lowest BCUT2D eigenvalue weighted by Crippen LogP contribution is -2.18. The molecule has 260 valence electrons. The summed E-state index contributed by atoms with van der Waals surface area (Å²) in [5, 5.41) is 8.67. The molecule has 1 atom stereocenters. The minimum Gasteiger partial charge on any atom is -0.481 e. The molecular formula is C40H76O4. The molecule has 0 saturated heterocycles. The molecule has 4 nitrogen and oxygen atoms in total. The molecule has 0 spiro atoms. The fourth-order valence-corrected chi connectivity index (χ4v) is 6.06. The fourth-order valence-electron chi connectivity index (χ4n) is 6.06. The van der Waals surface area contributed by atoms with Crippen molar-refractivity contribution >= 4 is 11.9 Å². The first-order valence-corrected chi connectivity index (χ1v) is 19.7. The molecule has 0 heterocycles. The van der Waals surface area contributed by atoms with Gasteiger partial charge in [0.15, 0.2) is 0 Å². The van der Waals surface area contributed by atoms with E-state index >= 15 is 0 Å². The van der Waals surface area contributed by atoms with Gasteiger partial charge in [0, 0.05) is 12.8 Å². The molecule has 0 radical (unpaired) electrons. The van der Waals surface area contributed by atoms with Crippen LogP contribution in [0.1, 0.15) is 226 Å². The molecule has 44 heavy (non-hydrogen) atoms. The molecule has 0 aromatic heterocycles. The van der Waals surface area contributed by atoms with Gasteiger partial charge in [0.1, 0.15) is 6.10 Å². The molecule has 1 N–H and O–H groups in total. The summed E-state index contributed by atoms with van der Waals surface area (Å²) in [5.74, 6) is -0.635. The van der Waals surface area contributed by atoms with E-state index in [4.69, 9.17) is 9.84 Å². The van der Waals surface area contributed by atoms with Crippen LogP contribution in [0.3, 0.4) is 0 Å². The van der Waals surface area contributed by atoms with Gasteiger partial charge in [-0.05, 0) is 64.2 Å². The van der Waals surface area contributed by atoms with Crippen LogP contribution in [-0.4, -0.2) is 23.1 Å². The van der Waals surface area contributed by atoms with Crippen molar-refractivity contribution in [1.82, 2.24) is 0 Å². The average molecular weight is 621 g/mol. The van der Waals surface area contributed by atoms with E-state index in [2.05, 4.69) is 26.0 Å². The highest BCUT2D eigenvalue weighted by molar-refractivity contribution is 5.69. The largest absolute Gasteiger partial charge is 0.481 e. The van der Waals surface area contributed by atoms with E-state index in [1.54, 1.807) is 0 Å². The lowest BCUT2D eigenvalue weighted by atomic mass is 10.0. The number of allylic oxidation sites excluding steroid dienone is 2. The molecule has 0 saturated carbocycles. The zero-order valence-corrected chi connectivity index (χ0v) is 29.7. The number of carbonyl (C=O) groups excluding carboxylic acids is 1. The maximum atomic E-state index is 12.5. The number of carboxylic acids is 1. The molecule has 0 aromatic carbocycles. The first-order chi connectivity index (χ1) is 21.6. The van der Waals surface area contributed by atoms with Crippen LogP contribution < -0.4 is 0 Å². The molecule has 0 aliphatic rings. The Morgan fingerprint density at radius 1 is 0.477 bits per heavy atom. The van der Waals surface area contributed by atoms with Crippen LogP contribution in [0.2, 0.25) is 0 Å². The summed E-state index contributed by atoms with van der Waals surface area (Å²) in [6, 6.07) is 0. The summed E-state index contributed by atoms with van der Waals surface area (Å²) in [6.07, 6.45) is 44.1. The molecular weight excluding hydrogens is 544 g/mol. The number of carboxylic acid groups (broad SMARTS) is 1. The Balaban J connectivity index is 3.72. The van der Waals surface area contributed by atoms with Gasteiger partial charge in [-0.2, -0.15) is 0 Å². The SMILES string of the molecule is CCCCCCCC/C=C\CCCCCCCC(=O)OC(CCCCC)CCCCCCCCCCCCCCCC(=O)O. The Labute approximate surface area is 275 Å². The predicted octanol–water partition coefficient (Wildman–Crippen LogP) is 13.5. The molecule has 4 heteroatoms. The lowest BCUT2D eigenvalue weighted by molar-refractivity contribution is -0.150. The van der Waals surface area contributed by atoms with Crippen molar-refractivity contribution in [2.24, 2.45) is 0 Å². The third-order valence-electron chi connectivity index (χ3n) is 8.99. The lowest BCUT2D eigenvalue weighted by Gasteiger charge is -2.18. The van der Waals surface area contributed by atoms with Crippen LogP contribution in [0.25, 0.3) is 0 Å². The highest BCUT2D eigenvalue weighted by Gasteiger charge is 2.14. The van der Waals surface area contributed by atoms with Gasteiger partial charge in [-0.3, -0.25) is 9.59 Å². The minimum atomic E-state index is -0.667. The van der Waals surface area contributed by atoms with E-state index < -0.39 is 5.97 Å². The van der Waals surface area contributed by atoms with E-state index in [0.29, 0.717) is 12.8 Å². The number of esters is 1. The smallest absolute Gasteiger partial charge is 0.306 e. The van der Waals surface area contributed by atoms with E-state index in [-0.39, 0.29) is 12.1 Å². The summed E-state index contributed by atoms with van der Waals surface area (Å²) in [4.78, 5) is 23.1. The number of unbranched alkanes of at least 4 members (excludes halogenated alkanes) is 25. The van der Waals surface area contributed by atoms with Crippen LogP contribution in [-0.2, 0) is 14.3 Å². The maximum absolute atomic E-state index is 12.5. The topological polar surface area (TPSA) is 63.6 Å². The third kappa shape index (κ3) is 35.2. The minimum absolute atomic E-state index is 0.0318. The Hall–Kier alpha value is -1.32. The number of hydrogen-bond donors (Lipinski definition) is 1. The molecule has 0 bridgehead atoms. The second-order valence-corrected chi connectivity index (χ2v) is 13.5. The molecule has 0 rings (SSSR count). The summed E-state index contributed by atoms with van der Waals surface area (Å²) in [5.41, 5.74) is 0. The van der Waals surface area contributed by atoms with Crippen LogP contribution in [0.15, 0.2) is 12.2 Å². The summed E-state index contributed by atoms with van der Waals surface area (Å²) >= 11 is 0. The van der Waals surface area contributed by atoms with Gasteiger partial charge in [0.25, 0.3) is 0 Å². The van der Waals surface area contributed by atoms with Gasteiger partial charge < -0.3 is 9.84 Å². The van der Waals surface area contributed by atoms with Gasteiger partial charge >= 0.3 is 11.9 Å².